The third-order valence-electron chi connectivity index (χ3n) is 3.45. The van der Waals surface area contributed by atoms with Gasteiger partial charge in [-0.15, -0.1) is 0 Å². The topological polar surface area (TPSA) is 37.3 Å². The summed E-state index contributed by atoms with van der Waals surface area (Å²) in [4.78, 5) is 10.9. The van der Waals surface area contributed by atoms with E-state index in [1.54, 1.807) is 0 Å². The van der Waals surface area contributed by atoms with E-state index in [2.05, 4.69) is 13.8 Å². The van der Waals surface area contributed by atoms with Crippen LogP contribution in [0.3, 0.4) is 0 Å². The Balaban J connectivity index is 2.41. The highest BCUT2D eigenvalue weighted by atomic mass is 35.5. The fourth-order valence-electron chi connectivity index (χ4n) is 2.66. The van der Waals surface area contributed by atoms with Crippen molar-refractivity contribution in [2.75, 3.05) is 0 Å². The SMILES string of the molecule is CC1(C)Cc2cc(Cl)ccc2C1CC(=O)O. The van der Waals surface area contributed by atoms with Gasteiger partial charge in [0, 0.05) is 10.9 Å². The smallest absolute Gasteiger partial charge is 0.303 e. The summed E-state index contributed by atoms with van der Waals surface area (Å²) in [5.41, 5.74) is 2.35. The number of carbonyl (C=O) groups is 1. The average Bonchev–Trinajstić information content (AvgIpc) is 2.36. The zero-order valence-electron chi connectivity index (χ0n) is 9.46. The molecule has 0 saturated heterocycles. The molecule has 0 aliphatic heterocycles. The second-order valence-electron chi connectivity index (χ2n) is 5.16. The summed E-state index contributed by atoms with van der Waals surface area (Å²) in [7, 11) is 0. The molecule has 0 radical (unpaired) electrons. The summed E-state index contributed by atoms with van der Waals surface area (Å²) in [6, 6.07) is 5.77. The van der Waals surface area contributed by atoms with Crippen LogP contribution in [0.4, 0.5) is 0 Å². The molecule has 3 heteroatoms. The molecule has 1 aromatic rings. The van der Waals surface area contributed by atoms with Crippen molar-refractivity contribution >= 4 is 17.6 Å². The molecule has 0 heterocycles. The third kappa shape index (κ3) is 1.94. The summed E-state index contributed by atoms with van der Waals surface area (Å²) in [5.74, 6) is -0.641. The molecule has 0 saturated carbocycles. The molecule has 0 fully saturated rings. The highest BCUT2D eigenvalue weighted by Crippen LogP contribution is 2.49. The molecular weight excluding hydrogens is 224 g/mol. The Kier molecular flexibility index (Phi) is 2.70. The Morgan fingerprint density at radius 2 is 2.25 bits per heavy atom. The van der Waals surface area contributed by atoms with E-state index in [-0.39, 0.29) is 17.8 Å². The second-order valence-corrected chi connectivity index (χ2v) is 5.60. The van der Waals surface area contributed by atoms with E-state index < -0.39 is 5.97 Å². The predicted molar refractivity (Wildman–Crippen MR) is 63.9 cm³/mol. The number of fused-ring (bicyclic) bond motifs is 1. The van der Waals surface area contributed by atoms with Crippen molar-refractivity contribution in [3.05, 3.63) is 34.3 Å². The molecule has 0 bridgehead atoms. The number of halogens is 1. The lowest BCUT2D eigenvalue weighted by atomic mass is 9.78. The van der Waals surface area contributed by atoms with Gasteiger partial charge in [-0.05, 0) is 35.1 Å². The van der Waals surface area contributed by atoms with E-state index in [4.69, 9.17) is 16.7 Å². The average molecular weight is 239 g/mol. The van der Waals surface area contributed by atoms with E-state index in [1.165, 1.54) is 5.56 Å². The molecule has 2 rings (SSSR count). The summed E-state index contributed by atoms with van der Waals surface area (Å²) in [6.45, 7) is 4.24. The van der Waals surface area contributed by atoms with Gasteiger partial charge < -0.3 is 5.11 Å². The van der Waals surface area contributed by atoms with Crippen LogP contribution in [0.25, 0.3) is 0 Å². The van der Waals surface area contributed by atoms with Crippen LogP contribution in [0.5, 0.6) is 0 Å². The zero-order chi connectivity index (χ0) is 11.9. The first kappa shape index (κ1) is 11.5. The number of aliphatic carboxylic acids is 1. The Labute approximate surface area is 100 Å². The number of hydrogen-bond acceptors (Lipinski definition) is 1. The molecular formula is C13H15ClO2. The van der Waals surface area contributed by atoms with Crippen molar-refractivity contribution in [1.82, 2.24) is 0 Å². The van der Waals surface area contributed by atoms with Crippen LogP contribution in [0.2, 0.25) is 5.02 Å². The third-order valence-corrected chi connectivity index (χ3v) is 3.68. The van der Waals surface area contributed by atoms with Crippen molar-refractivity contribution in [3.8, 4) is 0 Å². The molecule has 0 aromatic heterocycles. The van der Waals surface area contributed by atoms with Gasteiger partial charge in [-0.1, -0.05) is 31.5 Å². The lowest BCUT2D eigenvalue weighted by molar-refractivity contribution is -0.138. The number of rotatable bonds is 2. The van der Waals surface area contributed by atoms with E-state index in [0.717, 1.165) is 17.0 Å². The second kappa shape index (κ2) is 3.77. The van der Waals surface area contributed by atoms with Gasteiger partial charge in [-0.2, -0.15) is 0 Å². The summed E-state index contributed by atoms with van der Waals surface area (Å²) < 4.78 is 0. The number of hydrogen-bond donors (Lipinski definition) is 1. The molecule has 0 amide bonds. The van der Waals surface area contributed by atoms with Crippen LogP contribution >= 0.6 is 11.6 Å². The monoisotopic (exact) mass is 238 g/mol. The first-order valence-corrected chi connectivity index (χ1v) is 5.78. The van der Waals surface area contributed by atoms with Crippen molar-refractivity contribution in [2.45, 2.75) is 32.6 Å². The lowest BCUT2D eigenvalue weighted by Gasteiger charge is -2.26. The minimum absolute atomic E-state index is 0.00536. The quantitative estimate of drug-likeness (QED) is 0.857. The highest BCUT2D eigenvalue weighted by molar-refractivity contribution is 6.30. The van der Waals surface area contributed by atoms with Gasteiger partial charge in [0.1, 0.15) is 0 Å². The Hall–Kier alpha value is -1.02. The van der Waals surface area contributed by atoms with Gasteiger partial charge in [-0.25, -0.2) is 0 Å². The van der Waals surface area contributed by atoms with E-state index in [1.807, 2.05) is 18.2 Å². The van der Waals surface area contributed by atoms with Gasteiger partial charge in [0.15, 0.2) is 0 Å². The van der Waals surface area contributed by atoms with Crippen molar-refractivity contribution in [3.63, 3.8) is 0 Å². The van der Waals surface area contributed by atoms with Gasteiger partial charge in [0.2, 0.25) is 0 Å². The largest absolute Gasteiger partial charge is 0.481 e. The highest BCUT2D eigenvalue weighted by Gasteiger charge is 2.39. The first-order chi connectivity index (χ1) is 7.40. The van der Waals surface area contributed by atoms with E-state index >= 15 is 0 Å². The predicted octanol–water partition coefficient (Wildman–Crippen LogP) is 3.48. The van der Waals surface area contributed by atoms with Crippen molar-refractivity contribution in [2.24, 2.45) is 5.41 Å². The molecule has 1 N–H and O–H groups in total. The van der Waals surface area contributed by atoms with Crippen LogP contribution < -0.4 is 0 Å². The maximum absolute atomic E-state index is 10.9. The minimum atomic E-state index is -0.735. The summed E-state index contributed by atoms with van der Waals surface area (Å²) >= 11 is 5.95. The van der Waals surface area contributed by atoms with Gasteiger partial charge in [0.05, 0.1) is 6.42 Å². The van der Waals surface area contributed by atoms with E-state index in [0.29, 0.717) is 0 Å². The van der Waals surface area contributed by atoms with Crippen LogP contribution in [-0.4, -0.2) is 11.1 Å². The maximum Gasteiger partial charge on any atom is 0.303 e. The molecule has 1 aliphatic carbocycles. The first-order valence-electron chi connectivity index (χ1n) is 5.40. The summed E-state index contributed by atoms with van der Waals surface area (Å²) in [6.07, 6.45) is 1.10. The number of carboxylic acids is 1. The maximum atomic E-state index is 10.9. The van der Waals surface area contributed by atoms with Crippen molar-refractivity contribution < 1.29 is 9.90 Å². The Morgan fingerprint density at radius 1 is 1.56 bits per heavy atom. The van der Waals surface area contributed by atoms with Gasteiger partial charge >= 0.3 is 5.97 Å². The summed E-state index contributed by atoms with van der Waals surface area (Å²) in [5, 5.41) is 9.69. The number of carboxylic acid groups (broad SMARTS) is 1. The lowest BCUT2D eigenvalue weighted by Crippen LogP contribution is -2.20. The van der Waals surface area contributed by atoms with Crippen molar-refractivity contribution in [1.29, 1.82) is 0 Å². The molecule has 16 heavy (non-hydrogen) atoms. The molecule has 2 nitrogen and oxygen atoms in total. The van der Waals surface area contributed by atoms with Crippen LogP contribution in [0.15, 0.2) is 18.2 Å². The van der Waals surface area contributed by atoms with Crippen LogP contribution in [0.1, 0.15) is 37.3 Å². The fraction of sp³-hybridized carbons (Fsp3) is 0.462. The normalized spacial score (nSPS) is 21.8. The molecule has 0 spiro atoms. The van der Waals surface area contributed by atoms with Gasteiger partial charge in [-0.3, -0.25) is 4.79 Å². The number of benzene rings is 1. The molecule has 86 valence electrons. The van der Waals surface area contributed by atoms with Crippen LogP contribution in [-0.2, 0) is 11.2 Å². The van der Waals surface area contributed by atoms with E-state index in [9.17, 15) is 4.79 Å². The zero-order valence-corrected chi connectivity index (χ0v) is 10.2. The Bertz CT molecular complexity index is 438. The molecule has 1 aliphatic rings. The molecule has 1 unspecified atom stereocenters. The molecule has 1 atom stereocenters. The van der Waals surface area contributed by atoms with Gasteiger partial charge in [0.25, 0.3) is 0 Å². The molecule has 1 aromatic carbocycles. The van der Waals surface area contributed by atoms with Crippen LogP contribution in [0, 0.1) is 5.41 Å². The standard InChI is InChI=1S/C13H15ClO2/c1-13(2)7-8-5-9(14)3-4-10(8)11(13)6-12(15)16/h3-5,11H,6-7H2,1-2H3,(H,15,16). The minimum Gasteiger partial charge on any atom is -0.481 e. The fourth-order valence-corrected chi connectivity index (χ4v) is 2.86. The Morgan fingerprint density at radius 3 is 2.88 bits per heavy atom.